The third-order valence-electron chi connectivity index (χ3n) is 12.8. The number of rotatable bonds is 14. The Hall–Kier alpha value is -6.85. The molecule has 6 heterocycles. The molecule has 0 atom stereocenters. The molecular weight excluding hydrogens is 1170 g/mol. The fraction of sp³-hybridized carbons (Fsp3) is 0.467. The number of aryl methyl sites for hydroxylation is 2. The molecule has 8 rings (SSSR count). The second-order valence-electron chi connectivity index (χ2n) is 24.2. The maximum absolute atomic E-state index is 14.8. The number of alkyl halides is 1. The number of aromatic nitrogens is 6. The van der Waals surface area contributed by atoms with Gasteiger partial charge in [-0.2, -0.15) is 0 Å². The average Bonchev–Trinajstić information content (AvgIpc) is 4.24. The number of nitrogens with zero attached hydrogens (tertiary/aromatic N) is 7. The van der Waals surface area contributed by atoms with Crippen molar-refractivity contribution < 1.29 is 45.7 Å². The van der Waals surface area contributed by atoms with E-state index in [9.17, 15) is 36.4 Å². The normalized spacial score (nSPS) is 12.9. The monoisotopic (exact) mass is 1250 g/mol. The van der Waals surface area contributed by atoms with E-state index in [1.54, 1.807) is 54.4 Å². The van der Waals surface area contributed by atoms with Gasteiger partial charge in [0, 0.05) is 75.2 Å². The zero-order valence-corrected chi connectivity index (χ0v) is 52.9. The van der Waals surface area contributed by atoms with Gasteiger partial charge in [0.1, 0.15) is 0 Å². The van der Waals surface area contributed by atoms with Crippen LogP contribution in [0.5, 0.6) is 23.0 Å². The molecule has 0 unspecified atom stereocenters. The van der Waals surface area contributed by atoms with Gasteiger partial charge in [0.2, 0.25) is 40.4 Å². The Labute approximate surface area is 497 Å². The zero-order valence-electron chi connectivity index (χ0n) is 49.7. The summed E-state index contributed by atoms with van der Waals surface area (Å²) in [5.74, 6) is 0.299. The Kier molecular flexibility index (Phi) is 20.8. The number of aromatic amines is 1. The van der Waals surface area contributed by atoms with E-state index in [1.807, 2.05) is 59.4 Å². The fourth-order valence-corrected chi connectivity index (χ4v) is 12.0. The summed E-state index contributed by atoms with van der Waals surface area (Å²) in [5.41, 5.74) is 1.37. The van der Waals surface area contributed by atoms with Gasteiger partial charge in [0.25, 0.3) is 11.1 Å². The first-order valence-corrected chi connectivity index (χ1v) is 30.2. The topological polar surface area (TPSA) is 210 Å². The molecule has 2 aliphatic heterocycles. The highest BCUT2D eigenvalue weighted by Gasteiger charge is 2.36. The summed E-state index contributed by atoms with van der Waals surface area (Å²) < 4.78 is 79.6. The van der Waals surface area contributed by atoms with E-state index in [4.69, 9.17) is 31.2 Å². The van der Waals surface area contributed by atoms with E-state index in [0.717, 1.165) is 29.1 Å². The quantitative estimate of drug-likeness (QED) is 0.0611. The molecule has 18 nitrogen and oxygen atoms in total. The smallest absolute Gasteiger partial charge is 0.286 e. The lowest BCUT2D eigenvalue weighted by molar-refractivity contribution is -0.143. The molecule has 83 heavy (non-hydrogen) atoms. The van der Waals surface area contributed by atoms with Crippen LogP contribution in [0.4, 0.5) is 8.78 Å². The third-order valence-corrected chi connectivity index (χ3v) is 15.1. The molecule has 2 aliphatic rings. The molecule has 0 bridgehead atoms. The van der Waals surface area contributed by atoms with Gasteiger partial charge in [-0.05, 0) is 182 Å². The summed E-state index contributed by atoms with van der Waals surface area (Å²) in [4.78, 5) is 69.2. The lowest BCUT2D eigenvalue weighted by atomic mass is 9.95. The minimum absolute atomic E-state index is 0.0441. The number of benzene rings is 2. The predicted molar refractivity (Wildman–Crippen MR) is 321 cm³/mol. The fourth-order valence-electron chi connectivity index (χ4n) is 10.2. The second-order valence-corrected chi connectivity index (χ2v) is 27.4. The maximum Gasteiger partial charge on any atom is 0.286 e. The highest BCUT2D eigenvalue weighted by molar-refractivity contribution is 9.09. The predicted octanol–water partition coefficient (Wildman–Crippen LogP) is 11.3. The van der Waals surface area contributed by atoms with Crippen LogP contribution in [0.15, 0.2) is 87.8 Å². The van der Waals surface area contributed by atoms with E-state index in [-0.39, 0.29) is 79.4 Å². The number of fused-ring (bicyclic) bond motifs is 2. The molecule has 448 valence electrons. The first kappa shape index (κ1) is 65.3. The largest absolute Gasteiger partial charge is 0.454 e. The zero-order chi connectivity index (χ0) is 61.6. The summed E-state index contributed by atoms with van der Waals surface area (Å²) in [6, 6.07) is 16.0. The Morgan fingerprint density at radius 1 is 0.627 bits per heavy atom. The van der Waals surface area contributed by atoms with Gasteiger partial charge in [0.05, 0.1) is 30.2 Å². The Balaban J connectivity index is 0.000000228. The van der Waals surface area contributed by atoms with Crippen molar-refractivity contribution in [2.24, 2.45) is 0 Å². The van der Waals surface area contributed by atoms with Crippen LogP contribution in [-0.4, -0.2) is 106 Å². The Morgan fingerprint density at radius 3 is 1.47 bits per heavy atom. The molecule has 1 N–H and O–H groups in total. The third kappa shape index (κ3) is 17.4. The molecule has 0 fully saturated rings. The van der Waals surface area contributed by atoms with Crippen molar-refractivity contribution in [2.75, 3.05) is 24.7 Å². The lowest BCUT2D eigenvalue weighted by Gasteiger charge is -2.45. The van der Waals surface area contributed by atoms with Crippen LogP contribution < -0.4 is 30.1 Å². The number of ether oxygens (including phenoxy) is 4. The minimum atomic E-state index is -3.97. The number of carbonyl (C=O) groups excluding carboxylic acids is 2. The standard InChI is InChI=1S/C30H37FN4O6S.C18H14FN3O3S.C12H24BrNO/c1-19-13-23(21-15-22(31)27(37)34(17-21)16-20-10-11-24-25(14-20)41-18-40-24)33-28(32-19)42(38,39)12-8-9-26(36)35(29(2,3)4)30(5,6)7;1-10-4-14(21-18(26)20-10)12-6-13(19)17(23)22(8-12)7-11-2-3-15-16(5-11)25-9-24-15;1-11(2,3)14(12(4,5)6)10(15)8-7-9-13/h10-11,13-15,17H,8-9,12,16,18H2,1-7H3;2-6,8H,7,9H2,1H3,(H,20,21,26);7-9H2,1-6H3. The molecule has 2 aromatic carbocycles. The van der Waals surface area contributed by atoms with E-state index in [1.165, 1.54) is 27.5 Å². The number of H-pyrrole nitrogens is 1. The van der Waals surface area contributed by atoms with Crippen molar-refractivity contribution in [2.45, 2.75) is 163 Å². The highest BCUT2D eigenvalue weighted by Crippen LogP contribution is 2.35. The van der Waals surface area contributed by atoms with E-state index >= 15 is 0 Å². The summed E-state index contributed by atoms with van der Waals surface area (Å²) in [5, 5.41) is 0.475. The molecule has 4 aromatic heterocycles. The van der Waals surface area contributed by atoms with Crippen LogP contribution in [0.25, 0.3) is 22.5 Å². The van der Waals surface area contributed by atoms with Crippen molar-refractivity contribution >= 4 is 49.8 Å². The molecule has 0 radical (unpaired) electrons. The van der Waals surface area contributed by atoms with Crippen molar-refractivity contribution in [3.63, 3.8) is 0 Å². The molecule has 0 spiro atoms. The number of hydrogen-bond acceptors (Lipinski definition) is 14. The van der Waals surface area contributed by atoms with Gasteiger partial charge in [-0.1, -0.05) is 28.1 Å². The van der Waals surface area contributed by atoms with Crippen LogP contribution in [0.3, 0.4) is 0 Å². The molecule has 0 aliphatic carbocycles. The van der Waals surface area contributed by atoms with Crippen molar-refractivity contribution in [3.8, 4) is 45.5 Å². The summed E-state index contributed by atoms with van der Waals surface area (Å²) in [6.45, 7) is 28.1. The van der Waals surface area contributed by atoms with Crippen LogP contribution >= 0.6 is 28.1 Å². The van der Waals surface area contributed by atoms with Crippen LogP contribution in [0, 0.1) is 30.3 Å². The van der Waals surface area contributed by atoms with Crippen molar-refractivity contribution in [3.05, 3.63) is 133 Å². The van der Waals surface area contributed by atoms with Crippen LogP contribution in [0.1, 0.15) is 131 Å². The van der Waals surface area contributed by atoms with E-state index in [2.05, 4.69) is 77.4 Å². The number of amides is 2. The maximum atomic E-state index is 14.8. The number of halogens is 3. The van der Waals surface area contributed by atoms with Gasteiger partial charge in [0.15, 0.2) is 39.4 Å². The summed E-state index contributed by atoms with van der Waals surface area (Å²) in [6.07, 6.45) is 4.67. The Morgan fingerprint density at radius 2 is 1.05 bits per heavy atom. The van der Waals surface area contributed by atoms with Crippen LogP contribution in [0.2, 0.25) is 0 Å². The van der Waals surface area contributed by atoms with Gasteiger partial charge in [-0.15, -0.1) is 0 Å². The highest BCUT2D eigenvalue weighted by atomic mass is 79.9. The molecular formula is C60H75BrF2N8O10S2. The van der Waals surface area contributed by atoms with Crippen LogP contribution in [-0.2, 0) is 32.5 Å². The molecule has 0 saturated carbocycles. The average molecular weight is 1250 g/mol. The molecule has 0 saturated heterocycles. The van der Waals surface area contributed by atoms with Gasteiger partial charge in [-0.25, -0.2) is 32.2 Å². The number of sulfone groups is 1. The summed E-state index contributed by atoms with van der Waals surface area (Å²) in [7, 11) is -3.97. The first-order valence-electron chi connectivity index (χ1n) is 27.0. The first-order chi connectivity index (χ1) is 38.5. The van der Waals surface area contributed by atoms with Crippen molar-refractivity contribution in [1.82, 2.24) is 38.9 Å². The number of hydrogen-bond donors (Lipinski definition) is 1. The summed E-state index contributed by atoms with van der Waals surface area (Å²) >= 11 is 8.43. The van der Waals surface area contributed by atoms with E-state index in [0.29, 0.717) is 56.7 Å². The molecule has 6 aromatic rings. The SMILES string of the molecule is CC(C)(C)N(C(=O)CCCBr)C(C)(C)C.Cc1cc(-c2cc(F)c(=O)n(Cc3ccc4c(c3)OCO4)c2)nc(=S)[nH]1.Cc1cc(-c2cc(F)c(=O)n(Cc3ccc4c(c3)OCO4)c2)nc(S(=O)(=O)CCCC(=O)N(C(C)(C)C)C(C)(C)C)n1. The van der Waals surface area contributed by atoms with Crippen molar-refractivity contribution in [1.29, 1.82) is 0 Å². The van der Waals surface area contributed by atoms with E-state index < -0.39 is 48.8 Å². The number of nitrogens with one attached hydrogen (secondary N) is 1. The number of carbonyl (C=O) groups is 2. The van der Waals surface area contributed by atoms with Gasteiger partial charge >= 0.3 is 0 Å². The lowest BCUT2D eigenvalue weighted by Crippen LogP contribution is -2.55. The number of pyridine rings is 2. The van der Waals surface area contributed by atoms with Gasteiger partial charge in [-0.3, -0.25) is 19.2 Å². The second kappa shape index (κ2) is 26.4. The minimum Gasteiger partial charge on any atom is -0.454 e. The Bertz CT molecular complexity index is 3630. The molecule has 2 amide bonds. The molecule has 23 heteroatoms. The van der Waals surface area contributed by atoms with Gasteiger partial charge < -0.3 is 42.9 Å².